The first-order valence-electron chi connectivity index (χ1n) is 8.64. The largest absolute Gasteiger partial charge is 0.492 e. The molecule has 0 saturated carbocycles. The molecule has 2 rings (SSSR count). The van der Waals surface area contributed by atoms with Crippen LogP contribution in [0.2, 0.25) is 0 Å². The Kier molecular flexibility index (Phi) is 6.71. The average Bonchev–Trinajstić information content (AvgIpc) is 2.61. The Morgan fingerprint density at radius 1 is 0.963 bits per heavy atom. The first-order chi connectivity index (χ1) is 12.8. The minimum Gasteiger partial charge on any atom is -0.492 e. The minimum absolute atomic E-state index is 0.133. The smallest absolute Gasteiger partial charge is 0.262 e. The molecule has 0 unspecified atom stereocenters. The molecule has 27 heavy (non-hydrogen) atoms. The molecule has 0 aliphatic rings. The van der Waals surface area contributed by atoms with Gasteiger partial charge in [0.25, 0.3) is 5.91 Å². The van der Waals surface area contributed by atoms with Gasteiger partial charge in [-0.25, -0.2) is 0 Å². The van der Waals surface area contributed by atoms with Gasteiger partial charge in [0, 0.05) is 0 Å². The highest BCUT2D eigenvalue weighted by Gasteiger charge is 2.19. The number of ether oxygens (including phenoxy) is 2. The van der Waals surface area contributed by atoms with Crippen LogP contribution in [0.25, 0.3) is 0 Å². The maximum Gasteiger partial charge on any atom is 0.262 e. The van der Waals surface area contributed by atoms with Crippen molar-refractivity contribution in [1.29, 1.82) is 0 Å². The van der Waals surface area contributed by atoms with Crippen molar-refractivity contribution < 1.29 is 23.9 Å². The maximum atomic E-state index is 12.3. The molecule has 0 atom stereocenters. The molecule has 0 fully saturated rings. The lowest BCUT2D eigenvalue weighted by atomic mass is 10.00. The van der Waals surface area contributed by atoms with Gasteiger partial charge in [-0.3, -0.25) is 14.4 Å². The van der Waals surface area contributed by atoms with E-state index < -0.39 is 5.91 Å². The second-order valence-corrected chi connectivity index (χ2v) is 6.07. The van der Waals surface area contributed by atoms with Crippen LogP contribution in [0, 0.1) is 6.92 Å². The molecule has 2 aromatic carbocycles. The monoisotopic (exact) mass is 369 g/mol. The number of para-hydroxylation sites is 2. The molecule has 1 N–H and O–H groups in total. The number of benzene rings is 2. The number of anilines is 1. The van der Waals surface area contributed by atoms with E-state index in [0.717, 1.165) is 5.56 Å². The van der Waals surface area contributed by atoms with Crippen molar-refractivity contribution in [2.75, 3.05) is 18.5 Å². The Balaban J connectivity index is 2.20. The summed E-state index contributed by atoms with van der Waals surface area (Å²) in [5.74, 6) is -0.213. The normalized spacial score (nSPS) is 10.2. The van der Waals surface area contributed by atoms with Crippen molar-refractivity contribution in [1.82, 2.24) is 0 Å². The van der Waals surface area contributed by atoms with Crippen LogP contribution < -0.4 is 14.8 Å². The standard InChI is InChI=1S/C21H23NO5/c1-5-26-19-9-7-6-8-18(19)22-20(25)12-27-21-16(14(3)23)10-13(2)11-17(21)15(4)24/h6-11H,5,12H2,1-4H3,(H,22,25). The number of hydrogen-bond donors (Lipinski definition) is 1. The van der Waals surface area contributed by atoms with Gasteiger partial charge in [-0.2, -0.15) is 0 Å². The molecule has 0 heterocycles. The van der Waals surface area contributed by atoms with E-state index in [4.69, 9.17) is 9.47 Å². The summed E-state index contributed by atoms with van der Waals surface area (Å²) in [4.78, 5) is 36.2. The van der Waals surface area contributed by atoms with Crippen LogP contribution in [0.4, 0.5) is 5.69 Å². The zero-order chi connectivity index (χ0) is 20.0. The van der Waals surface area contributed by atoms with E-state index >= 15 is 0 Å². The fraction of sp³-hybridized carbons (Fsp3) is 0.286. The van der Waals surface area contributed by atoms with Crippen LogP contribution in [0.5, 0.6) is 11.5 Å². The van der Waals surface area contributed by atoms with Crippen molar-refractivity contribution in [3.05, 3.63) is 53.1 Å². The molecule has 6 nitrogen and oxygen atoms in total. The predicted octanol–water partition coefficient (Wildman–Crippen LogP) is 3.82. The fourth-order valence-corrected chi connectivity index (χ4v) is 2.63. The van der Waals surface area contributed by atoms with Crippen LogP contribution in [0.15, 0.2) is 36.4 Å². The van der Waals surface area contributed by atoms with Crippen molar-refractivity contribution in [2.24, 2.45) is 0 Å². The average molecular weight is 369 g/mol. The molecule has 0 aromatic heterocycles. The molecular formula is C21H23NO5. The molecule has 0 spiro atoms. The summed E-state index contributed by atoms with van der Waals surface area (Å²) >= 11 is 0. The highest BCUT2D eigenvalue weighted by molar-refractivity contribution is 6.04. The van der Waals surface area contributed by atoms with E-state index in [0.29, 0.717) is 18.0 Å². The molecule has 0 saturated heterocycles. The number of aryl methyl sites for hydroxylation is 1. The van der Waals surface area contributed by atoms with E-state index in [1.807, 2.05) is 13.0 Å². The first kappa shape index (κ1) is 20.2. The molecule has 6 heteroatoms. The molecule has 0 aliphatic heterocycles. The number of carbonyl (C=O) groups excluding carboxylic acids is 3. The maximum absolute atomic E-state index is 12.3. The Labute approximate surface area is 158 Å². The zero-order valence-corrected chi connectivity index (χ0v) is 15.9. The van der Waals surface area contributed by atoms with Crippen LogP contribution in [-0.4, -0.2) is 30.7 Å². The first-order valence-corrected chi connectivity index (χ1v) is 8.64. The van der Waals surface area contributed by atoms with Gasteiger partial charge in [-0.05, 0) is 57.5 Å². The van der Waals surface area contributed by atoms with E-state index in [2.05, 4.69) is 5.32 Å². The summed E-state index contributed by atoms with van der Waals surface area (Å²) in [6.45, 7) is 6.56. The SMILES string of the molecule is CCOc1ccccc1NC(=O)COc1c(C(C)=O)cc(C)cc1C(C)=O. The summed E-state index contributed by atoms with van der Waals surface area (Å²) < 4.78 is 11.1. The topological polar surface area (TPSA) is 81.7 Å². The number of carbonyl (C=O) groups is 3. The number of ketones is 2. The number of Topliss-reactive ketones (excluding diaryl/α,β-unsaturated/α-hetero) is 2. The zero-order valence-electron chi connectivity index (χ0n) is 15.9. The summed E-state index contributed by atoms with van der Waals surface area (Å²) in [5.41, 5.74) is 1.86. The lowest BCUT2D eigenvalue weighted by molar-refractivity contribution is -0.118. The number of rotatable bonds is 8. The molecule has 1 amide bonds. The van der Waals surface area contributed by atoms with Crippen LogP contribution in [-0.2, 0) is 4.79 Å². The van der Waals surface area contributed by atoms with Crippen molar-refractivity contribution in [3.8, 4) is 11.5 Å². The van der Waals surface area contributed by atoms with Crippen molar-refractivity contribution in [2.45, 2.75) is 27.7 Å². The third-order valence-corrected chi connectivity index (χ3v) is 3.80. The lowest BCUT2D eigenvalue weighted by Crippen LogP contribution is -2.22. The van der Waals surface area contributed by atoms with Gasteiger partial charge < -0.3 is 14.8 Å². The van der Waals surface area contributed by atoms with Crippen LogP contribution in [0.1, 0.15) is 47.1 Å². The molecule has 0 aliphatic carbocycles. The quantitative estimate of drug-likeness (QED) is 0.716. The number of amides is 1. The van der Waals surface area contributed by atoms with Crippen LogP contribution in [0.3, 0.4) is 0 Å². The third kappa shape index (κ3) is 5.17. The van der Waals surface area contributed by atoms with Gasteiger partial charge in [0.1, 0.15) is 11.5 Å². The second kappa shape index (κ2) is 8.98. The summed E-state index contributed by atoms with van der Waals surface area (Å²) in [6, 6.07) is 10.3. The van der Waals surface area contributed by atoms with Gasteiger partial charge in [0.2, 0.25) is 0 Å². The van der Waals surface area contributed by atoms with E-state index in [9.17, 15) is 14.4 Å². The van der Waals surface area contributed by atoms with Crippen molar-refractivity contribution in [3.63, 3.8) is 0 Å². The van der Waals surface area contributed by atoms with Gasteiger partial charge in [0.05, 0.1) is 23.4 Å². The Morgan fingerprint density at radius 2 is 1.56 bits per heavy atom. The lowest BCUT2D eigenvalue weighted by Gasteiger charge is -2.15. The minimum atomic E-state index is -0.424. The van der Waals surface area contributed by atoms with Gasteiger partial charge in [0.15, 0.2) is 18.2 Å². The number of nitrogens with one attached hydrogen (secondary N) is 1. The van der Waals surface area contributed by atoms with E-state index in [1.165, 1.54) is 13.8 Å². The molecule has 2 aromatic rings. The van der Waals surface area contributed by atoms with Crippen LogP contribution >= 0.6 is 0 Å². The Hall–Kier alpha value is -3.15. The summed E-state index contributed by atoms with van der Waals surface area (Å²) in [7, 11) is 0. The number of hydrogen-bond acceptors (Lipinski definition) is 5. The van der Waals surface area contributed by atoms with Gasteiger partial charge >= 0.3 is 0 Å². The van der Waals surface area contributed by atoms with Gasteiger partial charge in [-0.1, -0.05) is 12.1 Å². The van der Waals surface area contributed by atoms with Gasteiger partial charge in [-0.15, -0.1) is 0 Å². The van der Waals surface area contributed by atoms with Crippen molar-refractivity contribution >= 4 is 23.2 Å². The molecule has 0 radical (unpaired) electrons. The second-order valence-electron chi connectivity index (χ2n) is 6.07. The van der Waals surface area contributed by atoms with E-state index in [-0.39, 0.29) is 35.0 Å². The third-order valence-electron chi connectivity index (χ3n) is 3.80. The molecular weight excluding hydrogens is 346 g/mol. The predicted molar refractivity (Wildman–Crippen MR) is 103 cm³/mol. The van der Waals surface area contributed by atoms with E-state index in [1.54, 1.807) is 37.3 Å². The fourth-order valence-electron chi connectivity index (χ4n) is 2.63. The molecule has 0 bridgehead atoms. The summed E-state index contributed by atoms with van der Waals surface area (Å²) in [6.07, 6.45) is 0. The Morgan fingerprint density at radius 3 is 2.11 bits per heavy atom. The Bertz CT molecular complexity index is 838. The highest BCUT2D eigenvalue weighted by Crippen LogP contribution is 2.28. The molecule has 142 valence electrons. The summed E-state index contributed by atoms with van der Waals surface area (Å²) in [5, 5.41) is 2.72. The highest BCUT2D eigenvalue weighted by atomic mass is 16.5.